The van der Waals surface area contributed by atoms with E-state index in [-0.39, 0.29) is 35.0 Å². The Morgan fingerprint density at radius 1 is 1.31 bits per heavy atom. The molecule has 144 valence electrons. The van der Waals surface area contributed by atoms with E-state index in [9.17, 15) is 19.2 Å². The Kier molecular flexibility index (Phi) is 5.80. The largest absolute Gasteiger partial charge is 0.435 e. The lowest BCUT2D eigenvalue weighted by Gasteiger charge is -2.10. The normalized spacial score (nSPS) is 11.0. The van der Waals surface area contributed by atoms with Crippen molar-refractivity contribution < 1.29 is 13.9 Å². The quantitative estimate of drug-likeness (QED) is 0.397. The van der Waals surface area contributed by atoms with Gasteiger partial charge in [-0.1, -0.05) is 24.3 Å². The van der Waals surface area contributed by atoms with E-state index in [2.05, 4.69) is 16.9 Å². The molecule has 0 atom stereocenters. The highest BCUT2D eigenvalue weighted by Crippen LogP contribution is 2.26. The maximum Gasteiger partial charge on any atom is 0.269 e. The molecule has 1 aromatic carbocycles. The number of nitrogens with zero attached hydrogens (tertiary/aromatic N) is 3. The Morgan fingerprint density at radius 2 is 2.07 bits per heavy atom. The number of halogens is 1. The van der Waals surface area contributed by atoms with Crippen molar-refractivity contribution >= 4 is 17.6 Å². The summed E-state index contributed by atoms with van der Waals surface area (Å²) >= 11 is 0. The maximum atomic E-state index is 14.0. The van der Waals surface area contributed by atoms with Crippen LogP contribution in [0.15, 0.2) is 71.7 Å². The third kappa shape index (κ3) is 4.20. The van der Waals surface area contributed by atoms with E-state index in [4.69, 9.17) is 4.74 Å². The third-order valence-corrected chi connectivity index (χ3v) is 3.84. The summed E-state index contributed by atoms with van der Waals surface area (Å²) in [5.41, 5.74) is -0.816. The van der Waals surface area contributed by atoms with E-state index in [1.54, 1.807) is 30.3 Å². The molecule has 0 aliphatic carbocycles. The Balaban J connectivity index is 2.19. The molecule has 0 bridgehead atoms. The third-order valence-electron chi connectivity index (χ3n) is 3.84. The standard InChI is InChI=1S/C21H15FN4O3/c1-2-10-24-19(27)14(13-23)12-15-20(29-17-8-4-3-7-16(17)22)25-18-9-5-6-11-26(18)21(15)28/h2-9,11-12H,1,10H2,(H,24,27)/b14-12+. The Morgan fingerprint density at radius 3 is 2.79 bits per heavy atom. The molecule has 2 heterocycles. The zero-order chi connectivity index (χ0) is 20.8. The predicted molar refractivity (Wildman–Crippen MR) is 105 cm³/mol. The molecule has 8 heteroatoms. The second-order valence-electron chi connectivity index (χ2n) is 5.77. The van der Waals surface area contributed by atoms with Gasteiger partial charge in [-0.25, -0.2) is 4.39 Å². The van der Waals surface area contributed by atoms with Crippen LogP contribution < -0.4 is 15.6 Å². The molecule has 0 radical (unpaired) electrons. The number of para-hydroxylation sites is 1. The van der Waals surface area contributed by atoms with E-state index in [0.29, 0.717) is 0 Å². The molecule has 3 aromatic rings. The van der Waals surface area contributed by atoms with E-state index in [1.165, 1.54) is 34.9 Å². The van der Waals surface area contributed by atoms with Gasteiger partial charge in [-0.2, -0.15) is 10.2 Å². The number of pyridine rings is 1. The van der Waals surface area contributed by atoms with E-state index < -0.39 is 17.3 Å². The van der Waals surface area contributed by atoms with Crippen LogP contribution in [0, 0.1) is 17.1 Å². The van der Waals surface area contributed by atoms with Crippen LogP contribution in [-0.4, -0.2) is 21.8 Å². The summed E-state index contributed by atoms with van der Waals surface area (Å²) in [6, 6.07) is 12.2. The number of benzene rings is 1. The number of amides is 1. The van der Waals surface area contributed by atoms with Gasteiger partial charge in [0.05, 0.1) is 0 Å². The number of fused-ring (bicyclic) bond motifs is 1. The Labute approximate surface area is 165 Å². The van der Waals surface area contributed by atoms with Gasteiger partial charge in [-0.15, -0.1) is 6.58 Å². The molecule has 29 heavy (non-hydrogen) atoms. The van der Waals surface area contributed by atoms with Crippen molar-refractivity contribution in [3.05, 3.63) is 88.6 Å². The Bertz CT molecular complexity index is 1220. The Hall–Kier alpha value is -4.25. The molecular formula is C21H15FN4O3. The average Bonchev–Trinajstić information content (AvgIpc) is 2.73. The van der Waals surface area contributed by atoms with Gasteiger partial charge in [0.15, 0.2) is 11.6 Å². The highest BCUT2D eigenvalue weighted by atomic mass is 19.1. The fraction of sp³-hybridized carbons (Fsp3) is 0.0476. The SMILES string of the molecule is C=CCNC(=O)/C(C#N)=C/c1c(Oc2ccccc2F)nc2ccccn2c1=O. The van der Waals surface area contributed by atoms with Crippen LogP contribution in [0.25, 0.3) is 11.7 Å². The number of hydrogen-bond donors (Lipinski definition) is 1. The molecule has 0 spiro atoms. The minimum atomic E-state index is -0.693. The molecule has 0 saturated carbocycles. The fourth-order valence-electron chi connectivity index (χ4n) is 2.47. The highest BCUT2D eigenvalue weighted by Gasteiger charge is 2.18. The molecule has 0 unspecified atom stereocenters. The van der Waals surface area contributed by atoms with Crippen LogP contribution in [0.3, 0.4) is 0 Å². The molecule has 1 amide bonds. The lowest BCUT2D eigenvalue weighted by atomic mass is 10.1. The van der Waals surface area contributed by atoms with Crippen LogP contribution in [0.4, 0.5) is 4.39 Å². The summed E-state index contributed by atoms with van der Waals surface area (Å²) in [6.45, 7) is 3.63. The first-order valence-electron chi connectivity index (χ1n) is 8.50. The van der Waals surface area contributed by atoms with Crippen molar-refractivity contribution in [2.24, 2.45) is 0 Å². The molecule has 3 rings (SSSR count). The maximum absolute atomic E-state index is 14.0. The van der Waals surface area contributed by atoms with Gasteiger partial charge in [0, 0.05) is 12.7 Å². The number of nitriles is 1. The second-order valence-corrected chi connectivity index (χ2v) is 5.77. The van der Waals surface area contributed by atoms with Gasteiger partial charge in [-0.3, -0.25) is 14.0 Å². The lowest BCUT2D eigenvalue weighted by Crippen LogP contribution is -2.25. The number of carbonyl (C=O) groups is 1. The van der Waals surface area contributed by atoms with Crippen molar-refractivity contribution in [3.8, 4) is 17.7 Å². The van der Waals surface area contributed by atoms with Crippen LogP contribution in [0.5, 0.6) is 11.6 Å². The smallest absolute Gasteiger partial charge is 0.269 e. The molecule has 1 N–H and O–H groups in total. The molecule has 0 fully saturated rings. The first-order valence-corrected chi connectivity index (χ1v) is 8.50. The summed E-state index contributed by atoms with van der Waals surface area (Å²) in [7, 11) is 0. The average molecular weight is 390 g/mol. The number of carbonyl (C=O) groups excluding carboxylic acids is 1. The van der Waals surface area contributed by atoms with Crippen LogP contribution in [-0.2, 0) is 4.79 Å². The lowest BCUT2D eigenvalue weighted by molar-refractivity contribution is -0.116. The van der Waals surface area contributed by atoms with Crippen molar-refractivity contribution in [2.75, 3.05) is 6.54 Å². The van der Waals surface area contributed by atoms with Crippen LogP contribution in [0.2, 0.25) is 0 Å². The predicted octanol–water partition coefficient (Wildman–Crippen LogP) is 2.84. The van der Waals surface area contributed by atoms with Crippen LogP contribution >= 0.6 is 0 Å². The van der Waals surface area contributed by atoms with Gasteiger partial charge in [-0.05, 0) is 30.3 Å². The second kappa shape index (κ2) is 8.63. The van der Waals surface area contributed by atoms with Gasteiger partial charge in [0.1, 0.15) is 22.9 Å². The van der Waals surface area contributed by atoms with Crippen LogP contribution in [0.1, 0.15) is 5.56 Å². The molecular weight excluding hydrogens is 375 g/mol. The van der Waals surface area contributed by atoms with Gasteiger partial charge < -0.3 is 10.1 Å². The summed E-state index contributed by atoms with van der Waals surface area (Å²) in [5, 5.41) is 11.8. The topological polar surface area (TPSA) is 96.5 Å². The van der Waals surface area contributed by atoms with Crippen molar-refractivity contribution in [1.29, 1.82) is 5.26 Å². The summed E-state index contributed by atoms with van der Waals surface area (Å²) in [5.74, 6) is -1.72. The zero-order valence-corrected chi connectivity index (χ0v) is 15.1. The van der Waals surface area contributed by atoms with Crippen molar-refractivity contribution in [3.63, 3.8) is 0 Å². The first kappa shape index (κ1) is 19.5. The molecule has 7 nitrogen and oxygen atoms in total. The van der Waals surface area contributed by atoms with Gasteiger partial charge >= 0.3 is 0 Å². The van der Waals surface area contributed by atoms with Crippen molar-refractivity contribution in [1.82, 2.24) is 14.7 Å². The zero-order valence-electron chi connectivity index (χ0n) is 15.1. The molecule has 2 aromatic heterocycles. The fourth-order valence-corrected chi connectivity index (χ4v) is 2.47. The van der Waals surface area contributed by atoms with Crippen molar-refractivity contribution in [2.45, 2.75) is 0 Å². The molecule has 0 saturated heterocycles. The monoisotopic (exact) mass is 390 g/mol. The molecule has 0 aliphatic rings. The van der Waals surface area contributed by atoms with E-state index in [1.807, 2.05) is 0 Å². The summed E-state index contributed by atoms with van der Waals surface area (Å²) in [4.78, 5) is 29.4. The van der Waals surface area contributed by atoms with E-state index >= 15 is 0 Å². The minimum absolute atomic E-state index is 0.144. The summed E-state index contributed by atoms with van der Waals surface area (Å²) < 4.78 is 20.8. The number of hydrogen-bond acceptors (Lipinski definition) is 5. The highest BCUT2D eigenvalue weighted by molar-refractivity contribution is 6.02. The molecule has 0 aliphatic heterocycles. The number of rotatable bonds is 6. The summed E-state index contributed by atoms with van der Waals surface area (Å²) in [6.07, 6.45) is 4.01. The van der Waals surface area contributed by atoms with Gasteiger partial charge in [0.2, 0.25) is 5.88 Å². The van der Waals surface area contributed by atoms with Gasteiger partial charge in [0.25, 0.3) is 11.5 Å². The van der Waals surface area contributed by atoms with E-state index in [0.717, 1.165) is 6.08 Å². The number of ether oxygens (including phenoxy) is 1. The number of nitrogens with one attached hydrogen (secondary N) is 1. The number of aromatic nitrogens is 2. The first-order chi connectivity index (χ1) is 14.0. The minimum Gasteiger partial charge on any atom is -0.435 e.